The van der Waals surface area contributed by atoms with Gasteiger partial charge in [0.05, 0.1) is 0 Å². The Morgan fingerprint density at radius 1 is 1.16 bits per heavy atom. The fourth-order valence-corrected chi connectivity index (χ4v) is 4.68. The number of nitrogens with zero attached hydrogens (tertiary/aromatic N) is 2. The molecule has 3 aliphatic rings. The van der Waals surface area contributed by atoms with Crippen molar-refractivity contribution < 1.29 is 4.79 Å². The van der Waals surface area contributed by atoms with Crippen molar-refractivity contribution >= 4 is 11.9 Å². The van der Waals surface area contributed by atoms with Crippen LogP contribution in [-0.4, -0.2) is 49.0 Å². The van der Waals surface area contributed by atoms with E-state index in [-0.39, 0.29) is 0 Å². The van der Waals surface area contributed by atoms with Crippen molar-refractivity contribution in [1.29, 1.82) is 0 Å². The van der Waals surface area contributed by atoms with Crippen molar-refractivity contribution in [2.45, 2.75) is 77.7 Å². The van der Waals surface area contributed by atoms with Gasteiger partial charge >= 0.3 is 0 Å². The third-order valence-electron chi connectivity index (χ3n) is 6.32. The quantitative estimate of drug-likeness (QED) is 0.593. The summed E-state index contributed by atoms with van der Waals surface area (Å²) in [6.45, 7) is 7.98. The number of amides is 1. The Bertz CT molecular complexity index is 478. The number of carbonyl (C=O) groups excluding carboxylic acids is 1. The van der Waals surface area contributed by atoms with E-state index >= 15 is 0 Å². The summed E-state index contributed by atoms with van der Waals surface area (Å²) in [7, 11) is 0. The Morgan fingerprint density at radius 2 is 1.88 bits per heavy atom. The molecule has 1 unspecified atom stereocenters. The first-order valence-electron chi connectivity index (χ1n) is 10.4. The van der Waals surface area contributed by atoms with Crippen LogP contribution >= 0.6 is 0 Å². The number of carbonyl (C=O) groups is 1. The maximum absolute atomic E-state index is 12.6. The van der Waals surface area contributed by atoms with Gasteiger partial charge in [0, 0.05) is 38.1 Å². The minimum absolute atomic E-state index is 0.294. The molecule has 0 aromatic heterocycles. The highest BCUT2D eigenvalue weighted by atomic mass is 16.2. The minimum Gasteiger partial charge on any atom is -0.357 e. The lowest BCUT2D eigenvalue weighted by atomic mass is 9.89. The van der Waals surface area contributed by atoms with Crippen LogP contribution in [0.1, 0.15) is 71.6 Å². The zero-order valence-electron chi connectivity index (χ0n) is 16.1. The van der Waals surface area contributed by atoms with E-state index in [0.717, 1.165) is 51.4 Å². The summed E-state index contributed by atoms with van der Waals surface area (Å²) < 4.78 is 0. The van der Waals surface area contributed by atoms with Crippen molar-refractivity contribution in [3.63, 3.8) is 0 Å². The number of hydrogen-bond acceptors (Lipinski definition) is 2. The van der Waals surface area contributed by atoms with Crippen molar-refractivity contribution in [1.82, 2.24) is 15.5 Å². The van der Waals surface area contributed by atoms with Gasteiger partial charge in [-0.3, -0.25) is 9.79 Å². The molecule has 25 heavy (non-hydrogen) atoms. The Morgan fingerprint density at radius 3 is 2.56 bits per heavy atom. The predicted octanol–water partition coefficient (Wildman–Crippen LogP) is 2.91. The summed E-state index contributed by atoms with van der Waals surface area (Å²) in [4.78, 5) is 19.5. The predicted molar refractivity (Wildman–Crippen MR) is 103 cm³/mol. The number of hydrogen-bond donors (Lipinski definition) is 2. The van der Waals surface area contributed by atoms with Crippen LogP contribution in [0, 0.1) is 11.3 Å². The lowest BCUT2D eigenvalue weighted by Gasteiger charge is -2.23. The van der Waals surface area contributed by atoms with Crippen LogP contribution in [0.3, 0.4) is 0 Å². The minimum atomic E-state index is 0.294. The number of likely N-dealkylation sites (tertiary alicyclic amines) is 1. The summed E-state index contributed by atoms with van der Waals surface area (Å²) in [5.41, 5.74) is 0.377. The highest BCUT2D eigenvalue weighted by Crippen LogP contribution is 2.37. The maximum Gasteiger partial charge on any atom is 0.225 e. The van der Waals surface area contributed by atoms with Crippen LogP contribution in [0.15, 0.2) is 4.99 Å². The Hall–Kier alpha value is -1.26. The van der Waals surface area contributed by atoms with Gasteiger partial charge in [-0.15, -0.1) is 0 Å². The van der Waals surface area contributed by atoms with E-state index < -0.39 is 0 Å². The molecule has 3 rings (SSSR count). The van der Waals surface area contributed by atoms with Gasteiger partial charge in [0.2, 0.25) is 5.91 Å². The van der Waals surface area contributed by atoms with Crippen molar-refractivity contribution in [3.05, 3.63) is 0 Å². The Labute approximate surface area is 153 Å². The van der Waals surface area contributed by atoms with E-state index in [1.54, 1.807) is 0 Å². The summed E-state index contributed by atoms with van der Waals surface area (Å²) in [6, 6.07) is 0.333. The number of nitrogens with one attached hydrogen (secondary N) is 2. The average molecular weight is 349 g/mol. The topological polar surface area (TPSA) is 56.7 Å². The van der Waals surface area contributed by atoms with Crippen LogP contribution in [0.2, 0.25) is 0 Å². The van der Waals surface area contributed by atoms with Crippen molar-refractivity contribution in [2.24, 2.45) is 16.3 Å². The van der Waals surface area contributed by atoms with Gasteiger partial charge in [0.15, 0.2) is 5.96 Å². The molecular weight excluding hydrogens is 312 g/mol. The molecule has 0 bridgehead atoms. The maximum atomic E-state index is 12.6. The summed E-state index contributed by atoms with van der Waals surface area (Å²) in [5.74, 6) is 1.61. The molecule has 3 fully saturated rings. The lowest BCUT2D eigenvalue weighted by Crippen LogP contribution is -2.45. The van der Waals surface area contributed by atoms with Crippen LogP contribution in [0.25, 0.3) is 0 Å². The molecular formula is C20H36N4O. The summed E-state index contributed by atoms with van der Waals surface area (Å²) in [6.07, 6.45) is 10.9. The summed E-state index contributed by atoms with van der Waals surface area (Å²) in [5, 5.41) is 6.96. The smallest absolute Gasteiger partial charge is 0.225 e. The summed E-state index contributed by atoms with van der Waals surface area (Å²) >= 11 is 0. The third kappa shape index (κ3) is 4.89. The monoisotopic (exact) mass is 348 g/mol. The van der Waals surface area contributed by atoms with Crippen LogP contribution in [0.4, 0.5) is 0 Å². The lowest BCUT2D eigenvalue weighted by molar-refractivity contribution is -0.134. The zero-order chi connectivity index (χ0) is 17.7. The molecule has 0 aromatic rings. The van der Waals surface area contributed by atoms with Crippen LogP contribution < -0.4 is 10.6 Å². The normalized spacial score (nSPS) is 27.0. The molecule has 2 saturated carbocycles. The first-order chi connectivity index (χ1) is 12.1. The van der Waals surface area contributed by atoms with Crippen molar-refractivity contribution in [2.75, 3.05) is 26.2 Å². The molecule has 0 spiro atoms. The molecule has 1 heterocycles. The molecule has 1 aliphatic heterocycles. The van der Waals surface area contributed by atoms with Gasteiger partial charge < -0.3 is 15.5 Å². The van der Waals surface area contributed by atoms with E-state index in [9.17, 15) is 4.79 Å². The molecule has 0 radical (unpaired) electrons. The number of rotatable bonds is 5. The van der Waals surface area contributed by atoms with Crippen LogP contribution in [0.5, 0.6) is 0 Å². The van der Waals surface area contributed by atoms with Gasteiger partial charge in [-0.05, 0) is 44.4 Å². The molecule has 2 N–H and O–H groups in total. The standard InChI is InChI=1S/C20H36N4O/c1-3-21-19(22-15-20(2)11-6-7-12-20)23-17-10-13-24(14-17)18(25)16-8-4-5-9-16/h16-17H,3-15H2,1-2H3,(H2,21,22,23). The fourth-order valence-electron chi connectivity index (χ4n) is 4.68. The van der Waals surface area contributed by atoms with Gasteiger partial charge in [-0.1, -0.05) is 32.6 Å². The molecule has 142 valence electrons. The molecule has 1 atom stereocenters. The second-order valence-corrected chi connectivity index (χ2v) is 8.61. The molecule has 1 saturated heterocycles. The molecule has 1 amide bonds. The van der Waals surface area contributed by atoms with E-state index in [4.69, 9.17) is 4.99 Å². The van der Waals surface area contributed by atoms with Gasteiger partial charge in [-0.2, -0.15) is 0 Å². The van der Waals surface area contributed by atoms with E-state index in [0.29, 0.717) is 23.3 Å². The largest absolute Gasteiger partial charge is 0.357 e. The van der Waals surface area contributed by atoms with Gasteiger partial charge in [-0.25, -0.2) is 0 Å². The van der Waals surface area contributed by atoms with Gasteiger partial charge in [0.25, 0.3) is 0 Å². The Balaban J connectivity index is 1.51. The number of aliphatic imine (C=N–C) groups is 1. The second kappa shape index (κ2) is 8.41. The van der Waals surface area contributed by atoms with Crippen molar-refractivity contribution in [3.8, 4) is 0 Å². The van der Waals surface area contributed by atoms with Gasteiger partial charge in [0.1, 0.15) is 0 Å². The van der Waals surface area contributed by atoms with E-state index in [2.05, 4.69) is 29.4 Å². The molecule has 5 heteroatoms. The highest BCUT2D eigenvalue weighted by molar-refractivity contribution is 5.81. The first-order valence-corrected chi connectivity index (χ1v) is 10.4. The zero-order valence-corrected chi connectivity index (χ0v) is 16.1. The number of guanidine groups is 1. The van der Waals surface area contributed by atoms with Crippen LogP contribution in [-0.2, 0) is 4.79 Å². The van der Waals surface area contributed by atoms with E-state index in [1.807, 2.05) is 0 Å². The SMILES string of the molecule is CCNC(=NCC1(C)CCCC1)NC1CCN(C(=O)C2CCCC2)C1. The highest BCUT2D eigenvalue weighted by Gasteiger charge is 2.33. The fraction of sp³-hybridized carbons (Fsp3) is 0.900. The molecule has 2 aliphatic carbocycles. The first kappa shape index (κ1) is 18.5. The third-order valence-corrected chi connectivity index (χ3v) is 6.32. The second-order valence-electron chi connectivity index (χ2n) is 8.61. The molecule has 0 aromatic carbocycles. The average Bonchev–Trinajstić information content (AvgIpc) is 3.34. The van der Waals surface area contributed by atoms with E-state index in [1.165, 1.54) is 38.5 Å². The molecule has 5 nitrogen and oxygen atoms in total. The Kier molecular flexibility index (Phi) is 6.24.